The average molecular weight is 388 g/mol. The number of aromatic nitrogens is 1. The summed E-state index contributed by atoms with van der Waals surface area (Å²) in [5.41, 5.74) is 1.32. The van der Waals surface area contributed by atoms with Crippen LogP contribution >= 0.6 is 11.6 Å². The van der Waals surface area contributed by atoms with E-state index in [4.69, 9.17) is 11.6 Å². The molecule has 27 heavy (non-hydrogen) atoms. The third-order valence-electron chi connectivity index (χ3n) is 4.64. The third kappa shape index (κ3) is 3.76. The fourth-order valence-corrected chi connectivity index (χ4v) is 3.80. The zero-order valence-electron chi connectivity index (χ0n) is 15.8. The van der Waals surface area contributed by atoms with E-state index in [2.05, 4.69) is 10.3 Å². The highest BCUT2D eigenvalue weighted by molar-refractivity contribution is 6.34. The van der Waals surface area contributed by atoms with Crippen molar-refractivity contribution in [3.8, 4) is 0 Å². The van der Waals surface area contributed by atoms with E-state index in [1.807, 2.05) is 27.9 Å². The predicted octanol–water partition coefficient (Wildman–Crippen LogP) is 3.50. The summed E-state index contributed by atoms with van der Waals surface area (Å²) < 4.78 is 0. The number of hydrogen-bond donors (Lipinski definition) is 2. The third-order valence-corrected chi connectivity index (χ3v) is 4.95. The Bertz CT molecular complexity index is 992. The summed E-state index contributed by atoms with van der Waals surface area (Å²) in [7, 11) is 3.62. The first-order valence-corrected chi connectivity index (χ1v) is 9.03. The molecule has 2 aromatic rings. The summed E-state index contributed by atoms with van der Waals surface area (Å²) in [5, 5.41) is 3.21. The van der Waals surface area contributed by atoms with Gasteiger partial charge in [-0.3, -0.25) is 14.4 Å². The number of halogens is 1. The van der Waals surface area contributed by atoms with Crippen molar-refractivity contribution < 1.29 is 9.59 Å². The maximum atomic E-state index is 12.7. The van der Waals surface area contributed by atoms with Gasteiger partial charge in [0.15, 0.2) is 5.78 Å². The molecule has 2 N–H and O–H groups in total. The summed E-state index contributed by atoms with van der Waals surface area (Å²) in [5.74, 6) is -0.648. The van der Waals surface area contributed by atoms with Crippen molar-refractivity contribution in [3.63, 3.8) is 0 Å². The number of fused-ring (bicyclic) bond motifs is 1. The number of nitrogens with one attached hydrogen (secondary N) is 2. The molecule has 0 saturated carbocycles. The molecular formula is C20H22ClN3O3. The van der Waals surface area contributed by atoms with Crippen LogP contribution in [0.5, 0.6) is 0 Å². The number of benzene rings is 1. The van der Waals surface area contributed by atoms with Crippen molar-refractivity contribution in [1.82, 2.24) is 4.98 Å². The van der Waals surface area contributed by atoms with Crippen LogP contribution < -0.4 is 15.8 Å². The van der Waals surface area contributed by atoms with Crippen LogP contribution in [0.15, 0.2) is 29.1 Å². The predicted molar refractivity (Wildman–Crippen MR) is 107 cm³/mol. The molecule has 1 amide bonds. The second kappa shape index (κ2) is 6.85. The van der Waals surface area contributed by atoms with E-state index in [1.165, 1.54) is 6.07 Å². The minimum Gasteiger partial charge on any atom is -0.375 e. The standard InChI is InChI=1S/C20H22ClN3O3/c1-20(2)9-15-11(16(25)10-20)8-12(19(27)23-15)18(26)22-14-7-5-6-13(21)17(14)24(3)4/h5-8H,9-10H2,1-4H3,(H,22,26)(H,23,27). The number of carbonyl (C=O) groups excluding carboxylic acids is 2. The molecule has 0 radical (unpaired) electrons. The SMILES string of the molecule is CN(C)c1c(Cl)cccc1NC(=O)c1cc2c([nH]c1=O)CC(C)(C)CC2=O. The van der Waals surface area contributed by atoms with Gasteiger partial charge >= 0.3 is 0 Å². The second-order valence-electron chi connectivity index (χ2n) is 7.83. The molecule has 7 heteroatoms. The number of ketones is 1. The van der Waals surface area contributed by atoms with E-state index in [-0.39, 0.29) is 16.8 Å². The van der Waals surface area contributed by atoms with Crippen molar-refractivity contribution in [2.75, 3.05) is 24.3 Å². The van der Waals surface area contributed by atoms with Crippen LogP contribution in [0.3, 0.4) is 0 Å². The molecule has 0 unspecified atom stereocenters. The minimum absolute atomic E-state index is 0.0664. The van der Waals surface area contributed by atoms with Crippen molar-refractivity contribution in [3.05, 3.63) is 56.5 Å². The molecule has 0 bridgehead atoms. The van der Waals surface area contributed by atoms with Gasteiger partial charge in [0, 0.05) is 31.8 Å². The van der Waals surface area contributed by atoms with Gasteiger partial charge < -0.3 is 15.2 Å². The molecular weight excluding hydrogens is 366 g/mol. The molecule has 142 valence electrons. The number of aromatic amines is 1. The first-order chi connectivity index (χ1) is 12.6. The fourth-order valence-electron chi connectivity index (χ4n) is 3.46. The van der Waals surface area contributed by atoms with Gasteiger partial charge in [-0.25, -0.2) is 0 Å². The zero-order valence-corrected chi connectivity index (χ0v) is 16.5. The largest absolute Gasteiger partial charge is 0.375 e. The van der Waals surface area contributed by atoms with Crippen molar-refractivity contribution in [2.24, 2.45) is 5.41 Å². The topological polar surface area (TPSA) is 82.3 Å². The van der Waals surface area contributed by atoms with E-state index in [0.717, 1.165) is 0 Å². The highest BCUT2D eigenvalue weighted by Gasteiger charge is 2.32. The first kappa shape index (κ1) is 19.2. The van der Waals surface area contributed by atoms with Gasteiger partial charge in [0.25, 0.3) is 11.5 Å². The number of Topliss-reactive ketones (excluding diaryl/α,β-unsaturated/α-hetero) is 1. The summed E-state index contributed by atoms with van der Waals surface area (Å²) in [4.78, 5) is 42.2. The summed E-state index contributed by atoms with van der Waals surface area (Å²) >= 11 is 6.22. The van der Waals surface area contributed by atoms with E-state index in [9.17, 15) is 14.4 Å². The molecule has 6 nitrogen and oxygen atoms in total. The van der Waals surface area contributed by atoms with E-state index < -0.39 is 11.5 Å². The highest BCUT2D eigenvalue weighted by atomic mass is 35.5. The smallest absolute Gasteiger partial charge is 0.261 e. The van der Waals surface area contributed by atoms with Crippen LogP contribution in [0.4, 0.5) is 11.4 Å². The van der Waals surface area contributed by atoms with E-state index in [1.54, 1.807) is 23.1 Å². The summed E-state index contributed by atoms with van der Waals surface area (Å²) in [6.07, 6.45) is 0.969. The molecule has 3 rings (SSSR count). The van der Waals surface area contributed by atoms with E-state index >= 15 is 0 Å². The number of amides is 1. The number of pyridine rings is 1. The average Bonchev–Trinajstić information content (AvgIpc) is 2.52. The Hall–Kier alpha value is -2.60. The lowest BCUT2D eigenvalue weighted by Crippen LogP contribution is -2.33. The van der Waals surface area contributed by atoms with Gasteiger partial charge in [-0.05, 0) is 30.0 Å². The first-order valence-electron chi connectivity index (χ1n) is 8.65. The quantitative estimate of drug-likeness (QED) is 0.844. The maximum absolute atomic E-state index is 12.7. The Kier molecular flexibility index (Phi) is 4.86. The Labute approximate surface area is 162 Å². The van der Waals surface area contributed by atoms with Gasteiger partial charge in [-0.15, -0.1) is 0 Å². The van der Waals surface area contributed by atoms with Crippen LogP contribution in [0, 0.1) is 5.41 Å². The molecule has 1 aromatic heterocycles. The van der Waals surface area contributed by atoms with Crippen LogP contribution in [0.25, 0.3) is 0 Å². The van der Waals surface area contributed by atoms with Gasteiger partial charge in [0.2, 0.25) is 0 Å². The van der Waals surface area contributed by atoms with Crippen molar-refractivity contribution >= 4 is 34.7 Å². The number of H-pyrrole nitrogens is 1. The van der Waals surface area contributed by atoms with Gasteiger partial charge in [0.1, 0.15) is 5.56 Å². The summed E-state index contributed by atoms with van der Waals surface area (Å²) in [6, 6.07) is 6.55. The van der Waals surface area contributed by atoms with Crippen molar-refractivity contribution in [2.45, 2.75) is 26.7 Å². The minimum atomic E-state index is -0.581. The molecule has 0 aliphatic heterocycles. The number of hydrogen-bond acceptors (Lipinski definition) is 4. The van der Waals surface area contributed by atoms with E-state index in [0.29, 0.717) is 40.5 Å². The van der Waals surface area contributed by atoms with Gasteiger partial charge in [-0.2, -0.15) is 0 Å². The van der Waals surface area contributed by atoms with Gasteiger partial charge in [-0.1, -0.05) is 31.5 Å². The molecule has 0 spiro atoms. The van der Waals surface area contributed by atoms with Gasteiger partial charge in [0.05, 0.1) is 16.4 Å². The summed E-state index contributed by atoms with van der Waals surface area (Å²) in [6.45, 7) is 3.96. The highest BCUT2D eigenvalue weighted by Crippen LogP contribution is 2.34. The number of para-hydroxylation sites is 1. The number of anilines is 2. The Morgan fingerprint density at radius 2 is 1.93 bits per heavy atom. The number of nitrogens with zero attached hydrogens (tertiary/aromatic N) is 1. The lowest BCUT2D eigenvalue weighted by atomic mass is 9.75. The number of carbonyl (C=O) groups is 2. The normalized spacial score (nSPS) is 15.2. The van der Waals surface area contributed by atoms with Crippen molar-refractivity contribution in [1.29, 1.82) is 0 Å². The second-order valence-corrected chi connectivity index (χ2v) is 8.24. The monoisotopic (exact) mass is 387 g/mol. The fraction of sp³-hybridized carbons (Fsp3) is 0.350. The zero-order chi connectivity index (χ0) is 19.9. The van der Waals surface area contributed by atoms with Crippen LogP contribution in [0.2, 0.25) is 5.02 Å². The Morgan fingerprint density at radius 1 is 1.22 bits per heavy atom. The molecule has 0 atom stereocenters. The molecule has 1 aliphatic rings. The van der Waals surface area contributed by atoms with Crippen LogP contribution in [-0.2, 0) is 6.42 Å². The molecule has 1 heterocycles. The molecule has 1 aromatic carbocycles. The lowest BCUT2D eigenvalue weighted by Gasteiger charge is -2.29. The molecule has 1 aliphatic carbocycles. The lowest BCUT2D eigenvalue weighted by molar-refractivity contribution is 0.0910. The Balaban J connectivity index is 1.98. The molecule has 0 fully saturated rings. The maximum Gasteiger partial charge on any atom is 0.261 e. The number of rotatable bonds is 3. The van der Waals surface area contributed by atoms with Crippen LogP contribution in [0.1, 0.15) is 46.7 Å². The Morgan fingerprint density at radius 3 is 2.59 bits per heavy atom. The molecule has 0 saturated heterocycles. The van der Waals surface area contributed by atoms with Crippen LogP contribution in [-0.4, -0.2) is 30.8 Å².